The Morgan fingerprint density at radius 1 is 1.16 bits per heavy atom. The third-order valence-corrected chi connectivity index (χ3v) is 8.39. The molecule has 1 saturated heterocycles. The van der Waals surface area contributed by atoms with Gasteiger partial charge in [0.1, 0.15) is 35.6 Å². The van der Waals surface area contributed by atoms with E-state index in [9.17, 15) is 9.59 Å². The van der Waals surface area contributed by atoms with Crippen molar-refractivity contribution in [1.29, 1.82) is 0 Å². The number of aromatic nitrogens is 3. The maximum atomic E-state index is 13.6. The SMILES string of the molecule is CC(C)(C)OC(=O)N(CCCNC(=O)[C@H]1C[C@@H](n2cc(Br)c3c(N)ncnc32)[C@@H]2OC(C)(C)O[C@@H]21)CCc1ccccc1. The van der Waals surface area contributed by atoms with Crippen molar-refractivity contribution in [2.45, 2.75) is 83.5 Å². The molecule has 0 unspecified atom stereocenters. The Kier molecular flexibility index (Phi) is 9.01. The number of nitrogens with one attached hydrogen (secondary N) is 1. The number of halogens is 1. The summed E-state index contributed by atoms with van der Waals surface area (Å²) >= 11 is 3.59. The van der Waals surface area contributed by atoms with Crippen molar-refractivity contribution in [3.8, 4) is 0 Å². The Morgan fingerprint density at radius 2 is 1.88 bits per heavy atom. The van der Waals surface area contributed by atoms with Gasteiger partial charge in [-0.1, -0.05) is 30.3 Å². The summed E-state index contributed by atoms with van der Waals surface area (Å²) in [4.78, 5) is 36.8. The highest BCUT2D eigenvalue weighted by molar-refractivity contribution is 9.10. The summed E-state index contributed by atoms with van der Waals surface area (Å²) in [5.74, 6) is -0.968. The van der Waals surface area contributed by atoms with E-state index in [1.54, 1.807) is 4.90 Å². The number of carbonyl (C=O) groups is 2. The lowest BCUT2D eigenvalue weighted by Crippen LogP contribution is -2.41. The second-order valence-corrected chi connectivity index (χ2v) is 13.5. The van der Waals surface area contributed by atoms with Crippen LogP contribution in [0.1, 0.15) is 59.1 Å². The zero-order chi connectivity index (χ0) is 30.9. The number of hydrogen-bond donors (Lipinski definition) is 2. The summed E-state index contributed by atoms with van der Waals surface area (Å²) in [5.41, 5.74) is 7.36. The Morgan fingerprint density at radius 3 is 2.60 bits per heavy atom. The van der Waals surface area contributed by atoms with Gasteiger partial charge in [-0.05, 0) is 75.4 Å². The molecule has 1 aromatic carbocycles. The number of ether oxygens (including phenoxy) is 3. The smallest absolute Gasteiger partial charge is 0.410 e. The van der Waals surface area contributed by atoms with Crippen molar-refractivity contribution in [2.75, 3.05) is 25.4 Å². The highest BCUT2D eigenvalue weighted by Gasteiger charge is 2.56. The van der Waals surface area contributed by atoms with Crippen LogP contribution in [0.5, 0.6) is 0 Å². The van der Waals surface area contributed by atoms with E-state index < -0.39 is 23.4 Å². The molecule has 2 amide bonds. The zero-order valence-electron chi connectivity index (χ0n) is 25.4. The molecule has 2 aromatic heterocycles. The van der Waals surface area contributed by atoms with Crippen molar-refractivity contribution < 1.29 is 23.8 Å². The van der Waals surface area contributed by atoms with Crippen LogP contribution in [0.3, 0.4) is 0 Å². The van der Waals surface area contributed by atoms with Crippen molar-refractivity contribution in [1.82, 2.24) is 24.8 Å². The second-order valence-electron chi connectivity index (χ2n) is 12.7. The maximum Gasteiger partial charge on any atom is 0.410 e. The lowest BCUT2D eigenvalue weighted by atomic mass is 10.0. The Balaban J connectivity index is 1.23. The van der Waals surface area contributed by atoms with E-state index in [2.05, 4.69) is 31.2 Å². The molecule has 3 N–H and O–H groups in total. The molecule has 11 nitrogen and oxygen atoms in total. The van der Waals surface area contributed by atoms with Crippen molar-refractivity contribution >= 4 is 44.8 Å². The van der Waals surface area contributed by atoms with E-state index in [4.69, 9.17) is 19.9 Å². The molecule has 2 fully saturated rings. The van der Waals surface area contributed by atoms with Gasteiger partial charge in [-0.15, -0.1) is 0 Å². The number of amides is 2. The first-order valence-electron chi connectivity index (χ1n) is 14.7. The van der Waals surface area contributed by atoms with Gasteiger partial charge in [0, 0.05) is 30.3 Å². The highest BCUT2D eigenvalue weighted by Crippen LogP contribution is 2.48. The normalized spacial score (nSPS) is 22.8. The zero-order valence-corrected chi connectivity index (χ0v) is 27.0. The van der Waals surface area contributed by atoms with Gasteiger partial charge < -0.3 is 34.7 Å². The van der Waals surface area contributed by atoms with Crippen LogP contribution >= 0.6 is 15.9 Å². The third kappa shape index (κ3) is 7.13. The van der Waals surface area contributed by atoms with Crippen LogP contribution < -0.4 is 11.1 Å². The largest absolute Gasteiger partial charge is 0.444 e. The van der Waals surface area contributed by atoms with E-state index in [0.717, 1.165) is 15.4 Å². The first-order chi connectivity index (χ1) is 20.3. The number of anilines is 1. The van der Waals surface area contributed by atoms with Gasteiger partial charge in [0.25, 0.3) is 0 Å². The third-order valence-electron chi connectivity index (χ3n) is 7.79. The molecule has 4 atom stereocenters. The first kappa shape index (κ1) is 31.2. The highest BCUT2D eigenvalue weighted by atomic mass is 79.9. The maximum absolute atomic E-state index is 13.6. The molecular formula is C31H41BrN6O5. The fourth-order valence-electron chi connectivity index (χ4n) is 5.94. The predicted octanol–water partition coefficient (Wildman–Crippen LogP) is 4.84. The van der Waals surface area contributed by atoms with E-state index in [1.807, 2.05) is 75.7 Å². The molecule has 5 rings (SSSR count). The number of nitrogen functional groups attached to an aromatic ring is 1. The Hall–Kier alpha value is -3.22. The molecule has 1 aliphatic carbocycles. The van der Waals surface area contributed by atoms with Gasteiger partial charge in [0.05, 0.1) is 17.3 Å². The standard InChI is InChI=1S/C31H41BrN6O5/c1-30(2,3)43-29(40)37(15-12-19-10-7-6-8-11-19)14-9-13-34-28(39)20-16-22(25-24(20)41-31(4,5)42-25)38-17-21(32)23-26(33)35-18-36-27(23)38/h6-8,10-11,17-18,20,22,24-25H,9,12-16H2,1-5H3,(H,34,39)(H2,33,35,36)/t20-,22+,24+,25-/m0/s1. The van der Waals surface area contributed by atoms with Crippen LogP contribution in [-0.2, 0) is 25.4 Å². The fourth-order valence-corrected chi connectivity index (χ4v) is 6.54. The summed E-state index contributed by atoms with van der Waals surface area (Å²) in [5, 5.41) is 3.82. The number of fused-ring (bicyclic) bond motifs is 2. The van der Waals surface area contributed by atoms with E-state index in [-0.39, 0.29) is 24.1 Å². The molecule has 2 aliphatic rings. The minimum atomic E-state index is -0.826. The van der Waals surface area contributed by atoms with Gasteiger partial charge in [0.2, 0.25) is 5.91 Å². The van der Waals surface area contributed by atoms with Gasteiger partial charge >= 0.3 is 6.09 Å². The van der Waals surface area contributed by atoms with Crippen LogP contribution in [0.4, 0.5) is 10.6 Å². The molecule has 1 aliphatic heterocycles. The van der Waals surface area contributed by atoms with Crippen LogP contribution in [0.2, 0.25) is 0 Å². The van der Waals surface area contributed by atoms with E-state index in [0.29, 0.717) is 50.4 Å². The fraction of sp³-hybridized carbons (Fsp3) is 0.548. The summed E-state index contributed by atoms with van der Waals surface area (Å²) in [7, 11) is 0. The monoisotopic (exact) mass is 656 g/mol. The number of nitrogens with two attached hydrogens (primary N) is 1. The summed E-state index contributed by atoms with van der Waals surface area (Å²) in [6.45, 7) is 10.7. The topological polar surface area (TPSA) is 134 Å². The molecule has 0 radical (unpaired) electrons. The lowest BCUT2D eigenvalue weighted by molar-refractivity contribution is -0.163. The Bertz CT molecular complexity index is 1460. The minimum absolute atomic E-state index is 0.100. The second kappa shape index (κ2) is 12.4. The van der Waals surface area contributed by atoms with Crippen LogP contribution in [0.15, 0.2) is 47.3 Å². The van der Waals surface area contributed by atoms with Gasteiger partial charge in [-0.3, -0.25) is 4.79 Å². The van der Waals surface area contributed by atoms with Crippen molar-refractivity contribution in [2.24, 2.45) is 5.92 Å². The van der Waals surface area contributed by atoms with Gasteiger partial charge in [-0.25, -0.2) is 14.8 Å². The van der Waals surface area contributed by atoms with Crippen LogP contribution in [0, 0.1) is 5.92 Å². The quantitative estimate of drug-likeness (QED) is 0.313. The number of hydrogen-bond acceptors (Lipinski definition) is 8. The van der Waals surface area contributed by atoms with Crippen molar-refractivity contribution in [3.05, 3.63) is 52.9 Å². The number of rotatable bonds is 9. The molecule has 3 heterocycles. The summed E-state index contributed by atoms with van der Waals surface area (Å²) in [6.07, 6.45) is 4.05. The first-order valence-corrected chi connectivity index (χ1v) is 15.5. The van der Waals surface area contributed by atoms with E-state index >= 15 is 0 Å². The molecule has 0 bridgehead atoms. The Labute approximate surface area is 260 Å². The van der Waals surface area contributed by atoms with Crippen molar-refractivity contribution in [3.63, 3.8) is 0 Å². The van der Waals surface area contributed by atoms with Crippen LogP contribution in [-0.4, -0.2) is 74.7 Å². The average molecular weight is 658 g/mol. The molecule has 12 heteroatoms. The lowest BCUT2D eigenvalue weighted by Gasteiger charge is -2.27. The molecular weight excluding hydrogens is 616 g/mol. The molecule has 1 saturated carbocycles. The average Bonchev–Trinajstić information content (AvgIpc) is 3.55. The minimum Gasteiger partial charge on any atom is -0.444 e. The van der Waals surface area contributed by atoms with E-state index in [1.165, 1.54) is 6.33 Å². The molecule has 232 valence electrons. The van der Waals surface area contributed by atoms with Gasteiger partial charge in [-0.2, -0.15) is 0 Å². The molecule has 43 heavy (non-hydrogen) atoms. The predicted molar refractivity (Wildman–Crippen MR) is 166 cm³/mol. The molecule has 0 spiro atoms. The van der Waals surface area contributed by atoms with Crippen LogP contribution in [0.25, 0.3) is 11.0 Å². The summed E-state index contributed by atoms with van der Waals surface area (Å²) in [6, 6.07) is 9.85. The molecule has 3 aromatic rings. The van der Waals surface area contributed by atoms with Gasteiger partial charge in [0.15, 0.2) is 5.79 Å². The number of benzene rings is 1. The number of carbonyl (C=O) groups excluding carboxylic acids is 2. The summed E-state index contributed by atoms with van der Waals surface area (Å²) < 4.78 is 21.0. The number of nitrogens with zero attached hydrogens (tertiary/aromatic N) is 4.